The number of nitrogens with one attached hydrogen (secondary N) is 2. The zero-order valence-corrected chi connectivity index (χ0v) is 17.0. The van der Waals surface area contributed by atoms with E-state index in [-0.39, 0.29) is 29.9 Å². The van der Waals surface area contributed by atoms with Crippen molar-refractivity contribution >= 4 is 18.3 Å². The van der Waals surface area contributed by atoms with Gasteiger partial charge in [0.2, 0.25) is 5.91 Å². The third-order valence-electron chi connectivity index (χ3n) is 5.62. The molecule has 2 aromatic rings. The first-order valence-corrected chi connectivity index (χ1v) is 9.32. The zero-order valence-electron chi connectivity index (χ0n) is 16.1. The number of aromatic nitrogens is 1. The summed E-state index contributed by atoms with van der Waals surface area (Å²) in [5, 5.41) is 6.51. The summed E-state index contributed by atoms with van der Waals surface area (Å²) in [4.78, 5) is 17.0. The fraction of sp³-hybridized carbons (Fsp3) is 0.429. The van der Waals surface area contributed by atoms with Gasteiger partial charge < -0.3 is 5.32 Å². The van der Waals surface area contributed by atoms with Gasteiger partial charge >= 0.3 is 6.18 Å². The van der Waals surface area contributed by atoms with Crippen LogP contribution in [0.2, 0.25) is 0 Å². The van der Waals surface area contributed by atoms with Crippen molar-refractivity contribution in [1.29, 1.82) is 0 Å². The lowest BCUT2D eigenvalue weighted by Crippen LogP contribution is -2.47. The van der Waals surface area contributed by atoms with Gasteiger partial charge in [0.05, 0.1) is 17.3 Å². The van der Waals surface area contributed by atoms with Crippen LogP contribution in [0.5, 0.6) is 0 Å². The fourth-order valence-electron chi connectivity index (χ4n) is 4.38. The second kappa shape index (κ2) is 7.29. The summed E-state index contributed by atoms with van der Waals surface area (Å²) in [6.45, 7) is 4.02. The van der Waals surface area contributed by atoms with Crippen molar-refractivity contribution < 1.29 is 18.0 Å². The first kappa shape index (κ1) is 21.6. The van der Waals surface area contributed by atoms with E-state index in [1.807, 2.05) is 19.9 Å². The largest absolute Gasteiger partial charge is 0.416 e. The molecule has 8 heteroatoms. The summed E-state index contributed by atoms with van der Waals surface area (Å²) in [5.41, 5.74) is 0.822. The number of benzene rings is 1. The molecule has 2 saturated heterocycles. The third kappa shape index (κ3) is 4.12. The van der Waals surface area contributed by atoms with Crippen molar-refractivity contribution in [2.75, 3.05) is 0 Å². The fourth-order valence-corrected chi connectivity index (χ4v) is 4.38. The van der Waals surface area contributed by atoms with Crippen LogP contribution in [-0.4, -0.2) is 22.0 Å². The van der Waals surface area contributed by atoms with Crippen LogP contribution < -0.4 is 10.6 Å². The highest BCUT2D eigenvalue weighted by atomic mass is 35.5. The summed E-state index contributed by atoms with van der Waals surface area (Å²) >= 11 is 0. The minimum absolute atomic E-state index is 0. The Morgan fingerprint density at radius 3 is 2.38 bits per heavy atom. The van der Waals surface area contributed by atoms with E-state index < -0.39 is 17.3 Å². The van der Waals surface area contributed by atoms with E-state index in [0.29, 0.717) is 12.0 Å². The number of hydrogen-bond donors (Lipinski definition) is 2. The van der Waals surface area contributed by atoms with Crippen molar-refractivity contribution in [3.63, 3.8) is 0 Å². The van der Waals surface area contributed by atoms with Crippen molar-refractivity contribution in [2.24, 2.45) is 0 Å². The van der Waals surface area contributed by atoms with Crippen LogP contribution in [0.3, 0.4) is 0 Å². The molecule has 2 atom stereocenters. The van der Waals surface area contributed by atoms with Gasteiger partial charge in [0, 0.05) is 11.7 Å². The molecule has 2 fully saturated rings. The lowest BCUT2D eigenvalue weighted by Gasteiger charge is -2.23. The summed E-state index contributed by atoms with van der Waals surface area (Å²) in [5.74, 6) is 0.0268. The summed E-state index contributed by atoms with van der Waals surface area (Å²) < 4.78 is 38.3. The molecule has 1 aromatic heterocycles. The molecule has 2 N–H and O–H groups in total. The second-order valence-electron chi connectivity index (χ2n) is 8.38. The van der Waals surface area contributed by atoms with E-state index in [2.05, 4.69) is 15.6 Å². The van der Waals surface area contributed by atoms with E-state index >= 15 is 0 Å². The number of alkyl halides is 3. The van der Waals surface area contributed by atoms with Crippen molar-refractivity contribution in [1.82, 2.24) is 15.6 Å². The molecule has 2 aliphatic rings. The molecule has 4 rings (SSSR count). The quantitative estimate of drug-likeness (QED) is 0.736. The van der Waals surface area contributed by atoms with Crippen LogP contribution in [0, 0.1) is 0 Å². The van der Waals surface area contributed by atoms with Crippen LogP contribution in [0.25, 0.3) is 11.1 Å². The highest BCUT2D eigenvalue weighted by Gasteiger charge is 2.54. The molecule has 0 saturated carbocycles. The molecule has 2 aliphatic heterocycles. The molecule has 1 amide bonds. The number of amides is 1. The standard InChI is InChI=1S/C21H22F3N3O.ClH/c1-19(2)12-20(18(28)27-19)9-7-16(26-20)17-11-14(8-10-25-17)13-3-5-15(6-4-13)21(22,23)24;/h3-6,8,10-11,16,26H,7,9,12H2,1-2H3,(H,27,28);1H/t16-,20+;/m1./s1. The SMILES string of the molecule is CC1(C)C[C@@]2(CC[C@H](c3cc(-c4ccc(C(F)(F)F)cc4)ccn3)N2)C(=O)N1.Cl. The van der Waals surface area contributed by atoms with E-state index in [1.165, 1.54) is 12.1 Å². The Morgan fingerprint density at radius 1 is 1.10 bits per heavy atom. The highest BCUT2D eigenvalue weighted by molar-refractivity contribution is 5.90. The number of pyridine rings is 1. The first-order valence-electron chi connectivity index (χ1n) is 9.32. The Hall–Kier alpha value is -2.12. The Morgan fingerprint density at radius 2 is 1.79 bits per heavy atom. The van der Waals surface area contributed by atoms with E-state index in [0.717, 1.165) is 36.2 Å². The van der Waals surface area contributed by atoms with E-state index in [4.69, 9.17) is 0 Å². The Bertz CT molecular complexity index is 914. The van der Waals surface area contributed by atoms with Gasteiger partial charge in [-0.3, -0.25) is 15.1 Å². The molecule has 0 bridgehead atoms. The smallest absolute Gasteiger partial charge is 0.350 e. The average molecular weight is 426 g/mol. The zero-order chi connectivity index (χ0) is 20.2. The number of carbonyl (C=O) groups is 1. The van der Waals surface area contributed by atoms with Crippen molar-refractivity contribution in [3.8, 4) is 11.1 Å². The predicted molar refractivity (Wildman–Crippen MR) is 107 cm³/mol. The molecular weight excluding hydrogens is 403 g/mol. The van der Waals surface area contributed by atoms with Crippen LogP contribution in [0.15, 0.2) is 42.6 Å². The molecule has 0 unspecified atom stereocenters. The normalized spacial score (nSPS) is 25.7. The van der Waals surface area contributed by atoms with Crippen LogP contribution >= 0.6 is 12.4 Å². The monoisotopic (exact) mass is 425 g/mol. The maximum atomic E-state index is 12.8. The highest BCUT2D eigenvalue weighted by Crippen LogP contribution is 2.41. The molecule has 29 heavy (non-hydrogen) atoms. The van der Waals surface area contributed by atoms with Gasteiger partial charge in [-0.25, -0.2) is 0 Å². The van der Waals surface area contributed by atoms with Gasteiger partial charge in [0.1, 0.15) is 5.54 Å². The summed E-state index contributed by atoms with van der Waals surface area (Å²) in [7, 11) is 0. The van der Waals surface area contributed by atoms with Gasteiger partial charge in [-0.2, -0.15) is 13.2 Å². The second-order valence-corrected chi connectivity index (χ2v) is 8.38. The molecule has 1 spiro atoms. The Balaban J connectivity index is 0.00000240. The Kier molecular flexibility index (Phi) is 5.43. The maximum absolute atomic E-state index is 12.8. The number of hydrogen-bond acceptors (Lipinski definition) is 3. The number of rotatable bonds is 2. The minimum atomic E-state index is -4.35. The Labute approximate surface area is 173 Å². The third-order valence-corrected chi connectivity index (χ3v) is 5.62. The summed E-state index contributed by atoms with van der Waals surface area (Å²) in [6.07, 6.45) is -0.451. The van der Waals surface area contributed by atoms with Crippen LogP contribution in [0.1, 0.15) is 50.4 Å². The van der Waals surface area contributed by atoms with E-state index in [1.54, 1.807) is 12.3 Å². The minimum Gasteiger partial charge on any atom is -0.350 e. The molecule has 0 radical (unpaired) electrons. The van der Waals surface area contributed by atoms with Gasteiger partial charge in [-0.1, -0.05) is 12.1 Å². The van der Waals surface area contributed by atoms with E-state index in [9.17, 15) is 18.0 Å². The van der Waals surface area contributed by atoms with Gasteiger partial charge in [0.25, 0.3) is 0 Å². The average Bonchev–Trinajstić information content (AvgIpc) is 3.15. The van der Waals surface area contributed by atoms with Crippen molar-refractivity contribution in [3.05, 3.63) is 53.9 Å². The topological polar surface area (TPSA) is 54.0 Å². The lowest BCUT2D eigenvalue weighted by molar-refractivity contribution is -0.137. The van der Waals surface area contributed by atoms with Gasteiger partial charge in [0.15, 0.2) is 0 Å². The molecule has 156 valence electrons. The molecule has 4 nitrogen and oxygen atoms in total. The van der Waals surface area contributed by atoms with Crippen LogP contribution in [0.4, 0.5) is 13.2 Å². The number of halogens is 4. The van der Waals surface area contributed by atoms with Gasteiger partial charge in [-0.15, -0.1) is 12.4 Å². The maximum Gasteiger partial charge on any atom is 0.416 e. The van der Waals surface area contributed by atoms with Gasteiger partial charge in [-0.05, 0) is 68.5 Å². The molecular formula is C21H23ClF3N3O. The summed E-state index contributed by atoms with van der Waals surface area (Å²) in [6, 6.07) is 8.72. The van der Waals surface area contributed by atoms with Crippen LogP contribution in [-0.2, 0) is 11.0 Å². The number of nitrogens with zero attached hydrogens (tertiary/aromatic N) is 1. The first-order chi connectivity index (χ1) is 13.1. The molecule has 1 aromatic carbocycles. The predicted octanol–water partition coefficient (Wildman–Crippen LogP) is 4.65. The molecule has 0 aliphatic carbocycles. The lowest BCUT2D eigenvalue weighted by atomic mass is 9.88. The molecule has 3 heterocycles. The number of carbonyl (C=O) groups excluding carboxylic acids is 1. The van der Waals surface area contributed by atoms with Crippen molar-refractivity contribution in [2.45, 2.75) is 56.4 Å².